The van der Waals surface area contributed by atoms with Gasteiger partial charge >= 0.3 is 0 Å². The first-order valence-electron chi connectivity index (χ1n) is 5.74. The molecule has 3 aromatic rings. The molecule has 0 fully saturated rings. The molecule has 94 valence electrons. The topological polar surface area (TPSA) is 72.7 Å². The first-order valence-corrected chi connectivity index (χ1v) is 5.74. The number of anilines is 1. The maximum absolute atomic E-state index is 12.3. The van der Waals surface area contributed by atoms with Crippen LogP contribution in [0.5, 0.6) is 0 Å². The molecule has 19 heavy (non-hydrogen) atoms. The number of fused-ring (bicyclic) bond motifs is 1. The highest BCUT2D eigenvalue weighted by Crippen LogP contribution is 2.16. The van der Waals surface area contributed by atoms with Crippen molar-refractivity contribution >= 4 is 22.6 Å². The number of aryl methyl sites for hydroxylation is 1. The standard InChI is InChI=1S/C13H11N5O/c1-18-11(5-6-16-18)17-13(19)10-4-2-3-9-7-14-8-15-12(9)10/h2-8H,1H3,(H,17,19). The number of nitrogens with one attached hydrogen (secondary N) is 1. The molecule has 0 radical (unpaired) electrons. The molecule has 1 aromatic carbocycles. The van der Waals surface area contributed by atoms with Gasteiger partial charge in [-0.15, -0.1) is 0 Å². The van der Waals surface area contributed by atoms with Gasteiger partial charge in [0.1, 0.15) is 12.1 Å². The average molecular weight is 253 g/mol. The molecule has 0 saturated heterocycles. The van der Waals surface area contributed by atoms with Gasteiger partial charge in [-0.3, -0.25) is 9.48 Å². The number of hydrogen-bond donors (Lipinski definition) is 1. The van der Waals surface area contributed by atoms with Gasteiger partial charge in [0, 0.05) is 24.7 Å². The first kappa shape index (κ1) is 11.3. The summed E-state index contributed by atoms with van der Waals surface area (Å²) in [6.45, 7) is 0. The van der Waals surface area contributed by atoms with Crippen molar-refractivity contribution in [3.05, 3.63) is 48.5 Å². The van der Waals surface area contributed by atoms with Crippen LogP contribution in [-0.2, 0) is 7.05 Å². The predicted molar refractivity (Wildman–Crippen MR) is 70.7 cm³/mol. The molecule has 1 amide bonds. The molecule has 0 saturated carbocycles. The minimum Gasteiger partial charge on any atom is -0.307 e. The molecule has 2 aromatic heterocycles. The van der Waals surface area contributed by atoms with Crippen molar-refractivity contribution in [1.29, 1.82) is 0 Å². The molecule has 0 aliphatic carbocycles. The number of aromatic nitrogens is 4. The highest BCUT2D eigenvalue weighted by atomic mass is 16.1. The summed E-state index contributed by atoms with van der Waals surface area (Å²) < 4.78 is 1.60. The maximum atomic E-state index is 12.3. The summed E-state index contributed by atoms with van der Waals surface area (Å²) in [6, 6.07) is 7.15. The Morgan fingerprint density at radius 1 is 1.32 bits per heavy atom. The lowest BCUT2D eigenvalue weighted by molar-refractivity contribution is 0.102. The third-order valence-electron chi connectivity index (χ3n) is 2.84. The first-order chi connectivity index (χ1) is 9.25. The van der Waals surface area contributed by atoms with E-state index < -0.39 is 0 Å². The van der Waals surface area contributed by atoms with E-state index in [2.05, 4.69) is 20.4 Å². The van der Waals surface area contributed by atoms with Gasteiger partial charge in [-0.05, 0) is 6.07 Å². The Morgan fingerprint density at radius 2 is 2.21 bits per heavy atom. The zero-order valence-corrected chi connectivity index (χ0v) is 10.2. The SMILES string of the molecule is Cn1nccc1NC(=O)c1cccc2cncnc12. The highest BCUT2D eigenvalue weighted by molar-refractivity contribution is 6.11. The van der Waals surface area contributed by atoms with Crippen molar-refractivity contribution in [3.63, 3.8) is 0 Å². The van der Waals surface area contributed by atoms with Crippen molar-refractivity contribution in [2.75, 3.05) is 5.32 Å². The smallest absolute Gasteiger partial charge is 0.259 e. The molecule has 6 nitrogen and oxygen atoms in total. The fraction of sp³-hybridized carbons (Fsp3) is 0.0769. The zero-order valence-electron chi connectivity index (χ0n) is 10.2. The minimum atomic E-state index is -0.215. The Balaban J connectivity index is 2.00. The molecule has 3 rings (SSSR count). The van der Waals surface area contributed by atoms with Crippen molar-refractivity contribution in [2.24, 2.45) is 7.05 Å². The molecule has 6 heteroatoms. The Morgan fingerprint density at radius 3 is 3.00 bits per heavy atom. The van der Waals surface area contributed by atoms with Crippen molar-refractivity contribution in [2.45, 2.75) is 0 Å². The molecule has 0 aliphatic rings. The predicted octanol–water partition coefficient (Wildman–Crippen LogP) is 1.62. The van der Waals surface area contributed by atoms with E-state index in [0.29, 0.717) is 16.9 Å². The second kappa shape index (κ2) is 4.49. The zero-order chi connectivity index (χ0) is 13.2. The van der Waals surface area contributed by atoms with Gasteiger partial charge in [0.25, 0.3) is 5.91 Å². The van der Waals surface area contributed by atoms with Crippen LogP contribution in [0.1, 0.15) is 10.4 Å². The van der Waals surface area contributed by atoms with Crippen LogP contribution in [0.3, 0.4) is 0 Å². The lowest BCUT2D eigenvalue weighted by Gasteiger charge is -2.07. The van der Waals surface area contributed by atoms with Crippen LogP contribution in [-0.4, -0.2) is 25.7 Å². The summed E-state index contributed by atoms with van der Waals surface area (Å²) in [5.41, 5.74) is 1.15. The van der Waals surface area contributed by atoms with Crippen LogP contribution in [0.2, 0.25) is 0 Å². The van der Waals surface area contributed by atoms with Crippen LogP contribution >= 0.6 is 0 Å². The van der Waals surface area contributed by atoms with E-state index >= 15 is 0 Å². The lowest BCUT2D eigenvalue weighted by atomic mass is 10.1. The summed E-state index contributed by atoms with van der Waals surface area (Å²) >= 11 is 0. The average Bonchev–Trinajstić information content (AvgIpc) is 2.83. The van der Waals surface area contributed by atoms with Crippen LogP contribution in [0.4, 0.5) is 5.82 Å². The Bertz CT molecular complexity index is 744. The number of amides is 1. The molecular formula is C13H11N5O. The molecule has 0 bridgehead atoms. The number of carbonyl (C=O) groups is 1. The Hall–Kier alpha value is -2.76. The summed E-state index contributed by atoms with van der Waals surface area (Å²) in [4.78, 5) is 20.4. The number of hydrogen-bond acceptors (Lipinski definition) is 4. The third-order valence-corrected chi connectivity index (χ3v) is 2.84. The third kappa shape index (κ3) is 2.03. The highest BCUT2D eigenvalue weighted by Gasteiger charge is 2.12. The van der Waals surface area contributed by atoms with E-state index in [1.807, 2.05) is 12.1 Å². The fourth-order valence-electron chi connectivity index (χ4n) is 1.88. The summed E-state index contributed by atoms with van der Waals surface area (Å²) in [5, 5.41) is 7.64. The Kier molecular flexibility index (Phi) is 2.68. The molecule has 0 aliphatic heterocycles. The van der Waals surface area contributed by atoms with Gasteiger partial charge in [0.05, 0.1) is 17.3 Å². The summed E-state index contributed by atoms with van der Waals surface area (Å²) in [5.74, 6) is 0.420. The molecule has 2 heterocycles. The summed E-state index contributed by atoms with van der Waals surface area (Å²) in [7, 11) is 1.76. The van der Waals surface area contributed by atoms with Crippen LogP contribution < -0.4 is 5.32 Å². The number of carbonyl (C=O) groups excluding carboxylic acids is 1. The molecular weight excluding hydrogens is 242 g/mol. The second-order valence-corrected chi connectivity index (χ2v) is 4.06. The van der Waals surface area contributed by atoms with E-state index in [0.717, 1.165) is 5.39 Å². The maximum Gasteiger partial charge on any atom is 0.259 e. The van der Waals surface area contributed by atoms with Gasteiger partial charge in [-0.1, -0.05) is 12.1 Å². The Labute approximate surface area is 109 Å². The van der Waals surface area contributed by atoms with Crippen molar-refractivity contribution < 1.29 is 4.79 Å². The molecule has 0 atom stereocenters. The largest absolute Gasteiger partial charge is 0.307 e. The number of benzene rings is 1. The number of rotatable bonds is 2. The molecule has 0 spiro atoms. The quantitative estimate of drug-likeness (QED) is 0.753. The van der Waals surface area contributed by atoms with E-state index in [1.165, 1.54) is 6.33 Å². The van der Waals surface area contributed by atoms with Crippen LogP contribution in [0.15, 0.2) is 43.0 Å². The summed E-state index contributed by atoms with van der Waals surface area (Å²) in [6.07, 6.45) is 4.74. The normalized spacial score (nSPS) is 10.6. The number of nitrogens with zero attached hydrogens (tertiary/aromatic N) is 4. The van der Waals surface area contributed by atoms with Gasteiger partial charge < -0.3 is 5.32 Å². The molecule has 0 unspecified atom stereocenters. The van der Waals surface area contributed by atoms with Crippen LogP contribution in [0, 0.1) is 0 Å². The van der Waals surface area contributed by atoms with E-state index in [1.54, 1.807) is 36.3 Å². The van der Waals surface area contributed by atoms with Gasteiger partial charge in [0.15, 0.2) is 0 Å². The van der Waals surface area contributed by atoms with Gasteiger partial charge in [-0.2, -0.15) is 5.10 Å². The minimum absolute atomic E-state index is 0.215. The van der Waals surface area contributed by atoms with Gasteiger partial charge in [0.2, 0.25) is 0 Å². The van der Waals surface area contributed by atoms with E-state index in [-0.39, 0.29) is 5.91 Å². The van der Waals surface area contributed by atoms with E-state index in [9.17, 15) is 4.79 Å². The molecule has 1 N–H and O–H groups in total. The van der Waals surface area contributed by atoms with Gasteiger partial charge in [-0.25, -0.2) is 9.97 Å². The van der Waals surface area contributed by atoms with Crippen molar-refractivity contribution in [3.8, 4) is 0 Å². The van der Waals surface area contributed by atoms with Crippen molar-refractivity contribution in [1.82, 2.24) is 19.7 Å². The number of para-hydroxylation sites is 1. The fourth-order valence-corrected chi connectivity index (χ4v) is 1.88. The lowest BCUT2D eigenvalue weighted by Crippen LogP contribution is -2.15. The second-order valence-electron chi connectivity index (χ2n) is 4.06. The van der Waals surface area contributed by atoms with E-state index in [4.69, 9.17) is 0 Å². The van der Waals surface area contributed by atoms with Crippen LogP contribution in [0.25, 0.3) is 10.9 Å². The monoisotopic (exact) mass is 253 g/mol.